The van der Waals surface area contributed by atoms with Crippen LogP contribution in [0.1, 0.15) is 19.0 Å². The van der Waals surface area contributed by atoms with E-state index in [1.807, 2.05) is 17.9 Å². The number of aryl methyl sites for hydroxylation is 1. The summed E-state index contributed by atoms with van der Waals surface area (Å²) in [6.07, 6.45) is 4.08. The van der Waals surface area contributed by atoms with Crippen LogP contribution < -0.4 is 5.32 Å². The van der Waals surface area contributed by atoms with E-state index in [9.17, 15) is 0 Å². The average Bonchev–Trinajstić information content (AvgIpc) is 2.42. The van der Waals surface area contributed by atoms with Gasteiger partial charge < -0.3 is 5.32 Å². The monoisotopic (exact) mass is 245 g/mol. The SMILES string of the molecule is CCNCCCc1c(Br)cnn1C. The molecule has 0 unspecified atom stereocenters. The fourth-order valence-electron chi connectivity index (χ4n) is 1.27. The summed E-state index contributed by atoms with van der Waals surface area (Å²) in [7, 11) is 1.98. The molecule has 0 saturated carbocycles. The third-order valence-electron chi connectivity index (χ3n) is 2.03. The number of hydrogen-bond acceptors (Lipinski definition) is 2. The minimum atomic E-state index is 1.05. The maximum absolute atomic E-state index is 4.16. The molecule has 0 fully saturated rings. The van der Waals surface area contributed by atoms with Crippen molar-refractivity contribution in [3.8, 4) is 0 Å². The second-order valence-corrected chi connectivity index (χ2v) is 3.87. The van der Waals surface area contributed by atoms with Gasteiger partial charge >= 0.3 is 0 Å². The quantitative estimate of drug-likeness (QED) is 0.802. The molecule has 1 rings (SSSR count). The lowest BCUT2D eigenvalue weighted by atomic mass is 10.2. The summed E-state index contributed by atoms with van der Waals surface area (Å²) in [5.74, 6) is 0. The Hall–Kier alpha value is -0.350. The van der Waals surface area contributed by atoms with Crippen LogP contribution in [0, 0.1) is 0 Å². The van der Waals surface area contributed by atoms with Gasteiger partial charge in [-0.1, -0.05) is 6.92 Å². The van der Waals surface area contributed by atoms with E-state index >= 15 is 0 Å². The fraction of sp³-hybridized carbons (Fsp3) is 0.667. The Morgan fingerprint density at radius 3 is 2.92 bits per heavy atom. The highest BCUT2D eigenvalue weighted by Crippen LogP contribution is 2.16. The first-order valence-electron chi connectivity index (χ1n) is 4.62. The summed E-state index contributed by atoms with van der Waals surface area (Å²) in [6.45, 7) is 4.25. The van der Waals surface area contributed by atoms with E-state index in [0.29, 0.717) is 0 Å². The summed E-state index contributed by atoms with van der Waals surface area (Å²) in [4.78, 5) is 0. The molecular weight excluding hydrogens is 230 g/mol. The minimum absolute atomic E-state index is 1.05. The number of rotatable bonds is 5. The van der Waals surface area contributed by atoms with Crippen LogP contribution in [0.4, 0.5) is 0 Å². The van der Waals surface area contributed by atoms with Gasteiger partial charge in [-0.25, -0.2) is 0 Å². The van der Waals surface area contributed by atoms with Gasteiger partial charge in [-0.3, -0.25) is 4.68 Å². The molecule has 74 valence electrons. The lowest BCUT2D eigenvalue weighted by Gasteiger charge is -2.03. The van der Waals surface area contributed by atoms with Crippen LogP contribution in [0.25, 0.3) is 0 Å². The molecule has 3 nitrogen and oxygen atoms in total. The second-order valence-electron chi connectivity index (χ2n) is 3.02. The average molecular weight is 246 g/mol. The lowest BCUT2D eigenvalue weighted by molar-refractivity contribution is 0.636. The van der Waals surface area contributed by atoms with Crippen LogP contribution in [0.3, 0.4) is 0 Å². The minimum Gasteiger partial charge on any atom is -0.317 e. The van der Waals surface area contributed by atoms with Gasteiger partial charge in [0.1, 0.15) is 0 Å². The van der Waals surface area contributed by atoms with Gasteiger partial charge in [0.25, 0.3) is 0 Å². The van der Waals surface area contributed by atoms with Crippen LogP contribution in [0.2, 0.25) is 0 Å². The third-order valence-corrected chi connectivity index (χ3v) is 2.69. The van der Waals surface area contributed by atoms with Crippen molar-refractivity contribution in [2.75, 3.05) is 13.1 Å². The lowest BCUT2D eigenvalue weighted by Crippen LogP contribution is -2.15. The van der Waals surface area contributed by atoms with E-state index in [1.165, 1.54) is 5.69 Å². The van der Waals surface area contributed by atoms with Gasteiger partial charge in [-0.05, 0) is 41.9 Å². The van der Waals surface area contributed by atoms with Gasteiger partial charge in [0, 0.05) is 7.05 Å². The maximum Gasteiger partial charge on any atom is 0.0635 e. The topological polar surface area (TPSA) is 29.9 Å². The molecule has 0 amide bonds. The standard InChI is InChI=1S/C9H16BrN3/c1-3-11-6-4-5-9-8(10)7-12-13(9)2/h7,11H,3-6H2,1-2H3. The van der Waals surface area contributed by atoms with Crippen LogP contribution in [0.5, 0.6) is 0 Å². The molecule has 0 saturated heterocycles. The predicted octanol–water partition coefficient (Wildman–Crippen LogP) is 1.72. The molecule has 0 aliphatic rings. The summed E-state index contributed by atoms with van der Waals surface area (Å²) in [6, 6.07) is 0. The van der Waals surface area contributed by atoms with Crippen LogP contribution in [-0.4, -0.2) is 22.9 Å². The molecule has 0 bridgehead atoms. The molecule has 1 heterocycles. The van der Waals surface area contributed by atoms with Crippen molar-refractivity contribution < 1.29 is 0 Å². The van der Waals surface area contributed by atoms with Crippen molar-refractivity contribution in [2.45, 2.75) is 19.8 Å². The Labute approximate surface area is 87.6 Å². The van der Waals surface area contributed by atoms with E-state index in [-0.39, 0.29) is 0 Å². The van der Waals surface area contributed by atoms with Crippen LogP contribution in [-0.2, 0) is 13.5 Å². The Bertz CT molecular complexity index is 238. The van der Waals surface area contributed by atoms with Crippen molar-refractivity contribution in [3.05, 3.63) is 16.4 Å². The molecule has 0 atom stereocenters. The Morgan fingerprint density at radius 2 is 2.38 bits per heavy atom. The summed E-state index contributed by atoms with van der Waals surface area (Å²) in [5.41, 5.74) is 1.28. The van der Waals surface area contributed by atoms with Gasteiger partial charge in [-0.15, -0.1) is 0 Å². The van der Waals surface area contributed by atoms with Crippen molar-refractivity contribution >= 4 is 15.9 Å². The van der Waals surface area contributed by atoms with Crippen molar-refractivity contribution in [3.63, 3.8) is 0 Å². The first kappa shape index (κ1) is 10.7. The molecule has 1 aromatic rings. The Morgan fingerprint density at radius 1 is 1.62 bits per heavy atom. The highest BCUT2D eigenvalue weighted by Gasteiger charge is 2.04. The zero-order valence-electron chi connectivity index (χ0n) is 8.18. The van der Waals surface area contributed by atoms with E-state index in [2.05, 4.69) is 33.3 Å². The first-order valence-corrected chi connectivity index (χ1v) is 5.42. The normalized spacial score (nSPS) is 10.7. The number of halogens is 1. The summed E-state index contributed by atoms with van der Waals surface area (Å²) >= 11 is 3.48. The molecule has 0 spiro atoms. The summed E-state index contributed by atoms with van der Waals surface area (Å²) < 4.78 is 3.04. The van der Waals surface area contributed by atoms with Gasteiger partial charge in [0.2, 0.25) is 0 Å². The molecule has 0 aromatic carbocycles. The Balaban J connectivity index is 2.36. The maximum atomic E-state index is 4.16. The van der Waals surface area contributed by atoms with E-state index in [1.54, 1.807) is 0 Å². The van der Waals surface area contributed by atoms with E-state index in [4.69, 9.17) is 0 Å². The summed E-state index contributed by atoms with van der Waals surface area (Å²) in [5, 5.41) is 7.47. The van der Waals surface area contributed by atoms with Gasteiger partial charge in [0.05, 0.1) is 16.4 Å². The Kier molecular flexibility index (Phi) is 4.45. The molecule has 13 heavy (non-hydrogen) atoms. The second kappa shape index (κ2) is 5.40. The molecule has 1 aromatic heterocycles. The highest BCUT2D eigenvalue weighted by molar-refractivity contribution is 9.10. The van der Waals surface area contributed by atoms with Crippen molar-refractivity contribution in [1.29, 1.82) is 0 Å². The number of aromatic nitrogens is 2. The predicted molar refractivity (Wildman–Crippen MR) is 57.8 cm³/mol. The molecule has 1 N–H and O–H groups in total. The van der Waals surface area contributed by atoms with E-state index < -0.39 is 0 Å². The smallest absolute Gasteiger partial charge is 0.0635 e. The third kappa shape index (κ3) is 3.12. The molecular formula is C9H16BrN3. The van der Waals surface area contributed by atoms with Crippen molar-refractivity contribution in [2.24, 2.45) is 7.05 Å². The molecule has 0 aliphatic carbocycles. The first-order chi connectivity index (χ1) is 6.25. The largest absolute Gasteiger partial charge is 0.317 e. The zero-order valence-corrected chi connectivity index (χ0v) is 9.76. The van der Waals surface area contributed by atoms with Gasteiger partial charge in [-0.2, -0.15) is 5.10 Å². The number of hydrogen-bond donors (Lipinski definition) is 1. The molecule has 0 radical (unpaired) electrons. The zero-order chi connectivity index (χ0) is 9.68. The molecule has 0 aliphatic heterocycles. The fourth-order valence-corrected chi connectivity index (χ4v) is 1.82. The highest BCUT2D eigenvalue weighted by atomic mass is 79.9. The number of nitrogens with zero attached hydrogens (tertiary/aromatic N) is 2. The van der Waals surface area contributed by atoms with Gasteiger partial charge in [0.15, 0.2) is 0 Å². The van der Waals surface area contributed by atoms with Crippen molar-refractivity contribution in [1.82, 2.24) is 15.1 Å². The van der Waals surface area contributed by atoms with Crippen LogP contribution in [0.15, 0.2) is 10.7 Å². The van der Waals surface area contributed by atoms with E-state index in [0.717, 1.165) is 30.4 Å². The molecule has 4 heteroatoms. The van der Waals surface area contributed by atoms with Crippen LogP contribution >= 0.6 is 15.9 Å². The number of nitrogens with one attached hydrogen (secondary N) is 1.